The van der Waals surface area contributed by atoms with Crippen LogP contribution in [0, 0.1) is 5.82 Å². The second-order valence-electron chi connectivity index (χ2n) is 4.99. The van der Waals surface area contributed by atoms with Crippen LogP contribution < -0.4 is 0 Å². The summed E-state index contributed by atoms with van der Waals surface area (Å²) >= 11 is 3.32. The fraction of sp³-hybridized carbons (Fsp3) is 0.267. The third-order valence-electron chi connectivity index (χ3n) is 3.43. The van der Waals surface area contributed by atoms with Crippen molar-refractivity contribution in [3.8, 4) is 0 Å². The number of H-pyrrole nitrogens is 1. The van der Waals surface area contributed by atoms with Gasteiger partial charge in [0.1, 0.15) is 11.5 Å². The van der Waals surface area contributed by atoms with E-state index in [1.54, 1.807) is 35.4 Å². The first kappa shape index (κ1) is 13.4. The third-order valence-corrected chi connectivity index (χ3v) is 3.88. The van der Waals surface area contributed by atoms with Gasteiger partial charge in [-0.25, -0.2) is 4.39 Å². The molecule has 1 aliphatic rings. The van der Waals surface area contributed by atoms with Crippen molar-refractivity contribution in [2.45, 2.75) is 25.4 Å². The molecule has 1 amide bonds. The molecule has 104 valence electrons. The Kier molecular flexibility index (Phi) is 3.61. The van der Waals surface area contributed by atoms with Crippen LogP contribution in [0.3, 0.4) is 0 Å². The molecule has 0 aliphatic heterocycles. The van der Waals surface area contributed by atoms with E-state index in [-0.39, 0.29) is 17.8 Å². The third kappa shape index (κ3) is 2.77. The standard InChI is InChI=1S/C15H14BrFN2O/c16-11-7-14(18-8-11)15(20)19(12-5-6-12)9-10-3-1-2-4-13(10)17/h1-4,7-8,12,18H,5-6,9H2. The molecule has 0 unspecified atom stereocenters. The fourth-order valence-electron chi connectivity index (χ4n) is 2.21. The lowest BCUT2D eigenvalue weighted by molar-refractivity contribution is 0.0723. The number of benzene rings is 1. The van der Waals surface area contributed by atoms with Crippen LogP contribution in [-0.4, -0.2) is 21.8 Å². The summed E-state index contributed by atoms with van der Waals surface area (Å²) in [5, 5.41) is 0. The van der Waals surface area contributed by atoms with Gasteiger partial charge in [-0.15, -0.1) is 0 Å². The molecule has 3 nitrogen and oxygen atoms in total. The highest BCUT2D eigenvalue weighted by Crippen LogP contribution is 2.30. The van der Waals surface area contributed by atoms with Gasteiger partial charge in [-0.05, 0) is 40.9 Å². The Hall–Kier alpha value is -1.62. The normalized spacial score (nSPS) is 14.3. The van der Waals surface area contributed by atoms with Gasteiger partial charge in [0.25, 0.3) is 5.91 Å². The summed E-state index contributed by atoms with van der Waals surface area (Å²) in [5.41, 5.74) is 1.08. The van der Waals surface area contributed by atoms with Gasteiger partial charge >= 0.3 is 0 Å². The molecule has 1 aliphatic carbocycles. The van der Waals surface area contributed by atoms with Gasteiger partial charge in [-0.2, -0.15) is 0 Å². The Labute approximate surface area is 124 Å². The maximum Gasteiger partial charge on any atom is 0.270 e. The van der Waals surface area contributed by atoms with Crippen molar-refractivity contribution in [2.24, 2.45) is 0 Å². The van der Waals surface area contributed by atoms with Gasteiger partial charge in [0.15, 0.2) is 0 Å². The molecule has 0 bridgehead atoms. The zero-order chi connectivity index (χ0) is 14.1. The van der Waals surface area contributed by atoms with E-state index in [0.717, 1.165) is 17.3 Å². The molecule has 1 saturated carbocycles. The van der Waals surface area contributed by atoms with E-state index in [4.69, 9.17) is 0 Å². The van der Waals surface area contributed by atoms with Crippen molar-refractivity contribution >= 4 is 21.8 Å². The SMILES string of the molecule is O=C(c1cc(Br)c[nH]1)N(Cc1ccccc1F)C1CC1. The maximum absolute atomic E-state index is 13.8. The Morgan fingerprint density at radius 1 is 1.40 bits per heavy atom. The highest BCUT2D eigenvalue weighted by molar-refractivity contribution is 9.10. The summed E-state index contributed by atoms with van der Waals surface area (Å²) < 4.78 is 14.6. The predicted molar refractivity (Wildman–Crippen MR) is 77.8 cm³/mol. The van der Waals surface area contributed by atoms with Crippen molar-refractivity contribution in [3.63, 3.8) is 0 Å². The first-order valence-electron chi connectivity index (χ1n) is 6.53. The molecular formula is C15H14BrFN2O. The van der Waals surface area contributed by atoms with E-state index in [1.165, 1.54) is 6.07 Å². The summed E-state index contributed by atoms with van der Waals surface area (Å²) in [5.74, 6) is -0.347. The minimum Gasteiger partial charge on any atom is -0.356 e. The molecule has 1 aromatic heterocycles. The monoisotopic (exact) mass is 336 g/mol. The molecule has 1 N–H and O–H groups in total. The molecule has 0 atom stereocenters. The second kappa shape index (κ2) is 5.40. The molecule has 0 radical (unpaired) electrons. The van der Waals surface area contributed by atoms with Crippen molar-refractivity contribution in [1.82, 2.24) is 9.88 Å². The summed E-state index contributed by atoms with van der Waals surface area (Å²) in [7, 11) is 0. The van der Waals surface area contributed by atoms with Crippen LogP contribution in [0.5, 0.6) is 0 Å². The summed E-state index contributed by atoms with van der Waals surface area (Å²) in [4.78, 5) is 17.2. The van der Waals surface area contributed by atoms with Crippen molar-refractivity contribution in [3.05, 3.63) is 58.1 Å². The number of aromatic nitrogens is 1. The van der Waals surface area contributed by atoms with Gasteiger partial charge in [0, 0.05) is 28.8 Å². The maximum atomic E-state index is 13.8. The van der Waals surface area contributed by atoms with Crippen molar-refractivity contribution in [2.75, 3.05) is 0 Å². The van der Waals surface area contributed by atoms with Crippen LogP contribution in [0.1, 0.15) is 28.9 Å². The van der Waals surface area contributed by atoms with Crippen LogP contribution in [0.25, 0.3) is 0 Å². The second-order valence-corrected chi connectivity index (χ2v) is 5.90. The van der Waals surface area contributed by atoms with Gasteiger partial charge in [-0.1, -0.05) is 18.2 Å². The minimum atomic E-state index is -0.265. The first-order chi connectivity index (χ1) is 9.65. The van der Waals surface area contributed by atoms with Gasteiger partial charge in [0.2, 0.25) is 0 Å². The number of aromatic amines is 1. The van der Waals surface area contributed by atoms with E-state index in [2.05, 4.69) is 20.9 Å². The molecule has 0 spiro atoms. The number of rotatable bonds is 4. The van der Waals surface area contributed by atoms with E-state index >= 15 is 0 Å². The van der Waals surface area contributed by atoms with E-state index < -0.39 is 0 Å². The molecule has 1 fully saturated rings. The first-order valence-corrected chi connectivity index (χ1v) is 7.33. The zero-order valence-corrected chi connectivity index (χ0v) is 12.4. The number of carbonyl (C=O) groups is 1. The van der Waals surface area contributed by atoms with Crippen molar-refractivity contribution < 1.29 is 9.18 Å². The topological polar surface area (TPSA) is 36.1 Å². The predicted octanol–water partition coefficient (Wildman–Crippen LogP) is 3.72. The molecule has 2 aromatic rings. The highest BCUT2D eigenvalue weighted by Gasteiger charge is 2.33. The lowest BCUT2D eigenvalue weighted by Crippen LogP contribution is -2.33. The van der Waals surface area contributed by atoms with Crippen LogP contribution in [0.4, 0.5) is 4.39 Å². The average Bonchev–Trinajstić information content (AvgIpc) is 3.18. The largest absolute Gasteiger partial charge is 0.356 e. The minimum absolute atomic E-state index is 0.0820. The number of amides is 1. The van der Waals surface area contributed by atoms with Crippen LogP contribution >= 0.6 is 15.9 Å². The quantitative estimate of drug-likeness (QED) is 0.907. The number of hydrogen-bond donors (Lipinski definition) is 1. The van der Waals surface area contributed by atoms with Crippen LogP contribution in [0.2, 0.25) is 0 Å². The highest BCUT2D eigenvalue weighted by atomic mass is 79.9. The van der Waals surface area contributed by atoms with Gasteiger partial charge in [0.05, 0.1) is 0 Å². The van der Waals surface area contributed by atoms with E-state index in [1.807, 2.05) is 0 Å². The molecule has 3 rings (SSSR count). The number of nitrogens with one attached hydrogen (secondary N) is 1. The van der Waals surface area contributed by atoms with Gasteiger partial charge in [-0.3, -0.25) is 4.79 Å². The Balaban J connectivity index is 1.83. The number of nitrogens with zero attached hydrogens (tertiary/aromatic N) is 1. The van der Waals surface area contributed by atoms with Crippen LogP contribution in [-0.2, 0) is 6.54 Å². The Morgan fingerprint density at radius 3 is 2.75 bits per heavy atom. The molecule has 20 heavy (non-hydrogen) atoms. The zero-order valence-electron chi connectivity index (χ0n) is 10.8. The van der Waals surface area contributed by atoms with Gasteiger partial charge < -0.3 is 9.88 Å². The summed E-state index contributed by atoms with van der Waals surface area (Å²) in [6, 6.07) is 8.57. The molecular weight excluding hydrogens is 323 g/mol. The smallest absolute Gasteiger partial charge is 0.270 e. The van der Waals surface area contributed by atoms with Crippen molar-refractivity contribution in [1.29, 1.82) is 0 Å². The summed E-state index contributed by atoms with van der Waals surface area (Å²) in [6.45, 7) is 0.312. The Bertz CT molecular complexity index is 636. The average molecular weight is 337 g/mol. The van der Waals surface area contributed by atoms with E-state index in [0.29, 0.717) is 17.8 Å². The number of halogens is 2. The molecule has 1 heterocycles. The molecule has 1 aromatic carbocycles. The molecule has 0 saturated heterocycles. The Morgan fingerprint density at radius 2 is 2.15 bits per heavy atom. The lowest BCUT2D eigenvalue weighted by Gasteiger charge is -2.22. The van der Waals surface area contributed by atoms with E-state index in [9.17, 15) is 9.18 Å². The van der Waals surface area contributed by atoms with Crippen LogP contribution in [0.15, 0.2) is 41.0 Å². The number of carbonyl (C=O) groups excluding carboxylic acids is 1. The number of hydrogen-bond acceptors (Lipinski definition) is 1. The summed E-state index contributed by atoms with van der Waals surface area (Å²) in [6.07, 6.45) is 3.70. The molecule has 5 heteroatoms. The lowest BCUT2D eigenvalue weighted by atomic mass is 10.2. The fourth-order valence-corrected chi connectivity index (χ4v) is 2.55.